The van der Waals surface area contributed by atoms with Crippen molar-refractivity contribution in [2.24, 2.45) is 0 Å². The molecule has 4 heteroatoms. The molecule has 21 heavy (non-hydrogen) atoms. The number of hydrogen-bond donors (Lipinski definition) is 2. The Balaban J connectivity index is 2.10. The van der Waals surface area contributed by atoms with Gasteiger partial charge in [-0.1, -0.05) is 6.92 Å². The minimum atomic E-state index is -0.324. The predicted octanol–water partition coefficient (Wildman–Crippen LogP) is 4.21. The molecule has 0 radical (unpaired) electrons. The highest BCUT2D eigenvalue weighted by atomic mass is 19.1. The maximum absolute atomic E-state index is 12.8. The SMILES string of the molecule is CCCNc1ccc(C(=O)Nc2ccc(F)cc2)c(C)c1. The lowest BCUT2D eigenvalue weighted by Crippen LogP contribution is -2.13. The van der Waals surface area contributed by atoms with Crippen molar-refractivity contribution in [3.05, 3.63) is 59.4 Å². The van der Waals surface area contributed by atoms with Crippen LogP contribution in [0.25, 0.3) is 0 Å². The van der Waals surface area contributed by atoms with Crippen LogP contribution in [0.1, 0.15) is 29.3 Å². The summed E-state index contributed by atoms with van der Waals surface area (Å²) in [6.45, 7) is 4.90. The molecule has 0 aliphatic heterocycles. The molecule has 1 amide bonds. The minimum Gasteiger partial charge on any atom is -0.385 e. The fraction of sp³-hybridized carbons (Fsp3) is 0.235. The summed E-state index contributed by atoms with van der Waals surface area (Å²) in [5.41, 5.74) is 3.10. The third-order valence-electron chi connectivity index (χ3n) is 3.15. The highest BCUT2D eigenvalue weighted by molar-refractivity contribution is 6.05. The summed E-state index contributed by atoms with van der Waals surface area (Å²) in [5, 5.41) is 6.05. The van der Waals surface area contributed by atoms with Crippen LogP contribution in [-0.2, 0) is 0 Å². The predicted molar refractivity (Wildman–Crippen MR) is 84.3 cm³/mol. The van der Waals surface area contributed by atoms with Gasteiger partial charge < -0.3 is 10.6 Å². The molecule has 0 saturated carbocycles. The first kappa shape index (κ1) is 15.0. The number of carbonyl (C=O) groups excluding carboxylic acids is 1. The Morgan fingerprint density at radius 3 is 2.38 bits per heavy atom. The number of nitrogens with one attached hydrogen (secondary N) is 2. The number of amides is 1. The summed E-state index contributed by atoms with van der Waals surface area (Å²) in [7, 11) is 0. The molecule has 0 fully saturated rings. The van der Waals surface area contributed by atoms with Crippen molar-refractivity contribution < 1.29 is 9.18 Å². The standard InChI is InChI=1S/C17H19FN2O/c1-3-10-19-15-8-9-16(12(2)11-15)17(21)20-14-6-4-13(18)5-7-14/h4-9,11,19H,3,10H2,1-2H3,(H,20,21). The third-order valence-corrected chi connectivity index (χ3v) is 3.15. The molecule has 2 rings (SSSR count). The molecule has 2 aromatic rings. The molecule has 0 unspecified atom stereocenters. The molecule has 0 aliphatic rings. The van der Waals surface area contributed by atoms with Crippen LogP contribution < -0.4 is 10.6 Å². The third kappa shape index (κ3) is 4.05. The summed E-state index contributed by atoms with van der Waals surface area (Å²) in [6.07, 6.45) is 1.05. The Morgan fingerprint density at radius 1 is 1.10 bits per heavy atom. The Bertz CT molecular complexity index is 623. The summed E-state index contributed by atoms with van der Waals surface area (Å²) < 4.78 is 12.8. The lowest BCUT2D eigenvalue weighted by Gasteiger charge is -2.10. The van der Waals surface area contributed by atoms with E-state index in [1.54, 1.807) is 18.2 Å². The van der Waals surface area contributed by atoms with Gasteiger partial charge in [-0.25, -0.2) is 4.39 Å². The largest absolute Gasteiger partial charge is 0.385 e. The second-order valence-corrected chi connectivity index (χ2v) is 4.92. The summed E-state index contributed by atoms with van der Waals surface area (Å²) >= 11 is 0. The van der Waals surface area contributed by atoms with Crippen molar-refractivity contribution in [1.82, 2.24) is 0 Å². The molecule has 0 aromatic heterocycles. The first-order valence-electron chi connectivity index (χ1n) is 7.01. The summed E-state index contributed by atoms with van der Waals surface area (Å²) in [6, 6.07) is 11.4. The number of benzene rings is 2. The maximum atomic E-state index is 12.8. The average Bonchev–Trinajstić information content (AvgIpc) is 2.47. The first-order valence-corrected chi connectivity index (χ1v) is 7.01. The molecule has 0 spiro atoms. The van der Waals surface area contributed by atoms with Crippen molar-refractivity contribution in [1.29, 1.82) is 0 Å². The number of aryl methyl sites for hydroxylation is 1. The van der Waals surface area contributed by atoms with Crippen molar-refractivity contribution >= 4 is 17.3 Å². The van der Waals surface area contributed by atoms with Gasteiger partial charge in [0.15, 0.2) is 0 Å². The van der Waals surface area contributed by atoms with E-state index in [0.29, 0.717) is 11.3 Å². The Hall–Kier alpha value is -2.36. The van der Waals surface area contributed by atoms with E-state index in [-0.39, 0.29) is 11.7 Å². The van der Waals surface area contributed by atoms with E-state index in [1.165, 1.54) is 12.1 Å². The summed E-state index contributed by atoms with van der Waals surface area (Å²) in [4.78, 5) is 12.2. The van der Waals surface area contributed by atoms with Crippen LogP contribution in [0.4, 0.5) is 15.8 Å². The highest BCUT2D eigenvalue weighted by Crippen LogP contribution is 2.17. The van der Waals surface area contributed by atoms with Crippen LogP contribution in [0, 0.1) is 12.7 Å². The highest BCUT2D eigenvalue weighted by Gasteiger charge is 2.09. The van der Waals surface area contributed by atoms with Crippen LogP contribution in [0.3, 0.4) is 0 Å². The Morgan fingerprint density at radius 2 is 1.76 bits per heavy atom. The maximum Gasteiger partial charge on any atom is 0.255 e. The molecule has 0 bridgehead atoms. The van der Waals surface area contributed by atoms with Crippen LogP contribution >= 0.6 is 0 Å². The number of hydrogen-bond acceptors (Lipinski definition) is 2. The number of rotatable bonds is 5. The van der Waals surface area contributed by atoms with Gasteiger partial charge in [-0.2, -0.15) is 0 Å². The zero-order chi connectivity index (χ0) is 15.2. The van der Waals surface area contributed by atoms with E-state index in [1.807, 2.05) is 19.1 Å². The Kier molecular flexibility index (Phi) is 4.93. The molecule has 0 aliphatic carbocycles. The van der Waals surface area contributed by atoms with Gasteiger partial charge in [0, 0.05) is 23.5 Å². The van der Waals surface area contributed by atoms with E-state index in [4.69, 9.17) is 0 Å². The normalized spacial score (nSPS) is 10.2. The zero-order valence-corrected chi connectivity index (χ0v) is 12.2. The Labute approximate surface area is 124 Å². The topological polar surface area (TPSA) is 41.1 Å². The van der Waals surface area contributed by atoms with Crippen molar-refractivity contribution in [3.63, 3.8) is 0 Å². The van der Waals surface area contributed by atoms with E-state index >= 15 is 0 Å². The van der Waals surface area contributed by atoms with Gasteiger partial charge in [0.05, 0.1) is 0 Å². The van der Waals surface area contributed by atoms with Crippen molar-refractivity contribution in [2.75, 3.05) is 17.2 Å². The summed E-state index contributed by atoms with van der Waals surface area (Å²) in [5.74, 6) is -0.517. The van der Waals surface area contributed by atoms with Crippen molar-refractivity contribution in [2.45, 2.75) is 20.3 Å². The molecule has 2 N–H and O–H groups in total. The van der Waals surface area contributed by atoms with Gasteiger partial charge >= 0.3 is 0 Å². The van der Waals surface area contributed by atoms with Crippen molar-refractivity contribution in [3.8, 4) is 0 Å². The van der Waals surface area contributed by atoms with Gasteiger partial charge in [-0.05, 0) is 61.4 Å². The molecule has 2 aromatic carbocycles. The number of halogens is 1. The van der Waals surface area contributed by atoms with Gasteiger partial charge in [0.25, 0.3) is 5.91 Å². The molecule has 0 saturated heterocycles. The van der Waals surface area contributed by atoms with E-state index in [0.717, 1.165) is 24.2 Å². The van der Waals surface area contributed by atoms with Gasteiger partial charge in [0.1, 0.15) is 5.82 Å². The van der Waals surface area contributed by atoms with Crippen LogP contribution in [0.15, 0.2) is 42.5 Å². The molecular weight excluding hydrogens is 267 g/mol. The molecule has 3 nitrogen and oxygen atoms in total. The second-order valence-electron chi connectivity index (χ2n) is 4.92. The zero-order valence-electron chi connectivity index (χ0n) is 12.2. The van der Waals surface area contributed by atoms with Gasteiger partial charge in [-0.3, -0.25) is 4.79 Å². The van der Waals surface area contributed by atoms with E-state index < -0.39 is 0 Å². The lowest BCUT2D eigenvalue weighted by molar-refractivity contribution is 0.102. The fourth-order valence-corrected chi connectivity index (χ4v) is 2.03. The monoisotopic (exact) mass is 286 g/mol. The van der Waals surface area contributed by atoms with Crippen LogP contribution in [0.2, 0.25) is 0 Å². The van der Waals surface area contributed by atoms with Crippen LogP contribution in [-0.4, -0.2) is 12.5 Å². The lowest BCUT2D eigenvalue weighted by atomic mass is 10.1. The number of anilines is 2. The smallest absolute Gasteiger partial charge is 0.255 e. The molecule has 0 heterocycles. The number of carbonyl (C=O) groups is 1. The van der Waals surface area contributed by atoms with Gasteiger partial charge in [-0.15, -0.1) is 0 Å². The second kappa shape index (κ2) is 6.88. The van der Waals surface area contributed by atoms with E-state index in [9.17, 15) is 9.18 Å². The van der Waals surface area contributed by atoms with Crippen LogP contribution in [0.5, 0.6) is 0 Å². The molecule has 0 atom stereocenters. The minimum absolute atomic E-state index is 0.193. The average molecular weight is 286 g/mol. The quantitative estimate of drug-likeness (QED) is 0.864. The molecule has 110 valence electrons. The van der Waals surface area contributed by atoms with E-state index in [2.05, 4.69) is 17.6 Å². The van der Waals surface area contributed by atoms with Gasteiger partial charge in [0.2, 0.25) is 0 Å². The first-order chi connectivity index (χ1) is 10.1. The molecular formula is C17H19FN2O. The fourth-order valence-electron chi connectivity index (χ4n) is 2.03.